The Morgan fingerprint density at radius 3 is 2.26 bits per heavy atom. The lowest BCUT2D eigenvalue weighted by Crippen LogP contribution is -1.97. The fourth-order valence-corrected chi connectivity index (χ4v) is 2.59. The van der Waals surface area contributed by atoms with Crippen molar-refractivity contribution in [3.63, 3.8) is 0 Å². The zero-order valence-corrected chi connectivity index (χ0v) is 15.0. The van der Waals surface area contributed by atoms with E-state index in [4.69, 9.17) is 0 Å². The van der Waals surface area contributed by atoms with E-state index in [2.05, 4.69) is 21.8 Å². The molecule has 0 saturated carbocycles. The molecule has 0 aliphatic carbocycles. The monoisotopic (exact) mass is 366 g/mol. The SMILES string of the molecule is CCCc1ccc(C#Cc2cnc(-c3ccc(C)c(F)c3F)nc2)cc1F. The summed E-state index contributed by atoms with van der Waals surface area (Å²) in [7, 11) is 0. The minimum Gasteiger partial charge on any atom is -0.235 e. The van der Waals surface area contributed by atoms with Gasteiger partial charge in [0.15, 0.2) is 17.5 Å². The Morgan fingerprint density at radius 2 is 1.59 bits per heavy atom. The van der Waals surface area contributed by atoms with E-state index in [0.29, 0.717) is 23.1 Å². The summed E-state index contributed by atoms with van der Waals surface area (Å²) < 4.78 is 41.7. The Hall–Kier alpha value is -3.13. The van der Waals surface area contributed by atoms with E-state index < -0.39 is 11.6 Å². The molecule has 0 aliphatic rings. The largest absolute Gasteiger partial charge is 0.235 e. The first-order chi connectivity index (χ1) is 13.0. The van der Waals surface area contributed by atoms with Gasteiger partial charge in [-0.3, -0.25) is 0 Å². The molecule has 1 aromatic heterocycles. The highest BCUT2D eigenvalue weighted by molar-refractivity contribution is 5.57. The molecule has 0 atom stereocenters. The lowest BCUT2D eigenvalue weighted by molar-refractivity contribution is 0.505. The van der Waals surface area contributed by atoms with Crippen LogP contribution in [0.5, 0.6) is 0 Å². The van der Waals surface area contributed by atoms with Crippen molar-refractivity contribution in [1.29, 1.82) is 0 Å². The molecule has 5 heteroatoms. The number of hydrogen-bond donors (Lipinski definition) is 0. The van der Waals surface area contributed by atoms with Crippen molar-refractivity contribution < 1.29 is 13.2 Å². The third-order valence-corrected chi connectivity index (χ3v) is 4.09. The normalized spacial score (nSPS) is 10.4. The Balaban J connectivity index is 1.82. The maximum Gasteiger partial charge on any atom is 0.170 e. The zero-order chi connectivity index (χ0) is 19.4. The van der Waals surface area contributed by atoms with Crippen molar-refractivity contribution in [2.24, 2.45) is 0 Å². The van der Waals surface area contributed by atoms with Crippen LogP contribution in [0.2, 0.25) is 0 Å². The van der Waals surface area contributed by atoms with Crippen molar-refractivity contribution in [3.8, 4) is 23.2 Å². The van der Waals surface area contributed by atoms with Gasteiger partial charge in [-0.05, 0) is 42.7 Å². The highest BCUT2D eigenvalue weighted by Crippen LogP contribution is 2.23. The summed E-state index contributed by atoms with van der Waals surface area (Å²) in [6.45, 7) is 3.48. The molecule has 0 spiro atoms. The molecule has 0 aliphatic heterocycles. The van der Waals surface area contributed by atoms with Crippen LogP contribution in [0.15, 0.2) is 42.7 Å². The maximum atomic E-state index is 14.0. The quantitative estimate of drug-likeness (QED) is 0.594. The number of benzene rings is 2. The van der Waals surface area contributed by atoms with Crippen LogP contribution in [-0.4, -0.2) is 9.97 Å². The number of rotatable bonds is 3. The topological polar surface area (TPSA) is 25.8 Å². The summed E-state index contributed by atoms with van der Waals surface area (Å²) in [5.74, 6) is 3.62. The molecular weight excluding hydrogens is 349 g/mol. The van der Waals surface area contributed by atoms with Gasteiger partial charge in [0.05, 0.1) is 11.1 Å². The molecule has 0 saturated heterocycles. The van der Waals surface area contributed by atoms with Crippen LogP contribution in [0.25, 0.3) is 11.4 Å². The molecule has 0 fully saturated rings. The predicted octanol–water partition coefficient (Wildman–Crippen LogP) is 5.22. The van der Waals surface area contributed by atoms with E-state index in [1.807, 2.05) is 6.92 Å². The van der Waals surface area contributed by atoms with E-state index in [0.717, 1.165) is 6.42 Å². The first-order valence-corrected chi connectivity index (χ1v) is 8.57. The van der Waals surface area contributed by atoms with Crippen molar-refractivity contribution in [2.75, 3.05) is 0 Å². The number of halogens is 3. The van der Waals surface area contributed by atoms with Gasteiger partial charge in [0, 0.05) is 18.0 Å². The van der Waals surface area contributed by atoms with Gasteiger partial charge in [-0.2, -0.15) is 0 Å². The minimum absolute atomic E-state index is 0.00815. The smallest absolute Gasteiger partial charge is 0.170 e. The summed E-state index contributed by atoms with van der Waals surface area (Å²) in [5.41, 5.74) is 1.91. The molecule has 2 aromatic carbocycles. The first-order valence-electron chi connectivity index (χ1n) is 8.57. The van der Waals surface area contributed by atoms with Crippen molar-refractivity contribution in [3.05, 3.63) is 82.4 Å². The molecule has 2 nitrogen and oxygen atoms in total. The fourth-order valence-electron chi connectivity index (χ4n) is 2.59. The maximum absolute atomic E-state index is 14.0. The molecule has 3 rings (SSSR count). The molecule has 0 N–H and O–H groups in total. The van der Waals surface area contributed by atoms with Crippen LogP contribution in [0.1, 0.15) is 35.6 Å². The second-order valence-corrected chi connectivity index (χ2v) is 6.16. The highest BCUT2D eigenvalue weighted by Gasteiger charge is 2.14. The standard InChI is InChI=1S/C22H17F3N2/c1-3-4-17-9-8-15(11-19(17)23)6-7-16-12-26-22(27-13-16)18-10-5-14(2)20(24)21(18)25/h5,8-13H,3-4H2,1-2H3. The van der Waals surface area contributed by atoms with Crippen LogP contribution < -0.4 is 0 Å². The number of aromatic nitrogens is 2. The Labute approximate surface area is 156 Å². The molecule has 3 aromatic rings. The van der Waals surface area contributed by atoms with Gasteiger partial charge in [0.25, 0.3) is 0 Å². The number of hydrogen-bond acceptors (Lipinski definition) is 2. The van der Waals surface area contributed by atoms with Gasteiger partial charge >= 0.3 is 0 Å². The lowest BCUT2D eigenvalue weighted by atomic mass is 10.1. The van der Waals surface area contributed by atoms with Crippen molar-refractivity contribution >= 4 is 0 Å². The fraction of sp³-hybridized carbons (Fsp3) is 0.182. The molecule has 1 heterocycles. The van der Waals surface area contributed by atoms with Crippen molar-refractivity contribution in [1.82, 2.24) is 9.97 Å². The Morgan fingerprint density at radius 1 is 0.889 bits per heavy atom. The van der Waals surface area contributed by atoms with Gasteiger partial charge in [-0.15, -0.1) is 0 Å². The zero-order valence-electron chi connectivity index (χ0n) is 15.0. The molecule has 0 bridgehead atoms. The summed E-state index contributed by atoms with van der Waals surface area (Å²) in [5, 5.41) is 0. The minimum atomic E-state index is -0.975. The molecule has 0 amide bonds. The summed E-state index contributed by atoms with van der Waals surface area (Å²) >= 11 is 0. The summed E-state index contributed by atoms with van der Waals surface area (Å²) in [4.78, 5) is 8.11. The molecule has 0 radical (unpaired) electrons. The van der Waals surface area contributed by atoms with Gasteiger partial charge in [-0.25, -0.2) is 23.1 Å². The van der Waals surface area contributed by atoms with E-state index in [1.54, 1.807) is 12.1 Å². The third kappa shape index (κ3) is 4.17. The van der Waals surface area contributed by atoms with Crippen molar-refractivity contribution in [2.45, 2.75) is 26.7 Å². The Bertz CT molecular complexity index is 1030. The second kappa shape index (κ2) is 8.05. The number of nitrogens with zero attached hydrogens (tertiary/aromatic N) is 2. The van der Waals surface area contributed by atoms with Crippen LogP contribution >= 0.6 is 0 Å². The van der Waals surface area contributed by atoms with Crippen LogP contribution in [0.4, 0.5) is 13.2 Å². The van der Waals surface area contributed by atoms with Crippen LogP contribution in [0.3, 0.4) is 0 Å². The third-order valence-electron chi connectivity index (χ3n) is 4.09. The molecular formula is C22H17F3N2. The lowest BCUT2D eigenvalue weighted by Gasteiger charge is -2.04. The van der Waals surface area contributed by atoms with E-state index in [1.165, 1.54) is 37.5 Å². The predicted molar refractivity (Wildman–Crippen MR) is 98.5 cm³/mol. The average Bonchev–Trinajstić information content (AvgIpc) is 2.67. The molecule has 27 heavy (non-hydrogen) atoms. The number of aryl methyl sites for hydroxylation is 2. The van der Waals surface area contributed by atoms with Crippen LogP contribution in [0, 0.1) is 36.2 Å². The second-order valence-electron chi connectivity index (χ2n) is 6.16. The first kappa shape index (κ1) is 18.7. The Kier molecular flexibility index (Phi) is 5.56. The van der Waals surface area contributed by atoms with Gasteiger partial charge in [0.1, 0.15) is 5.82 Å². The molecule has 136 valence electrons. The highest BCUT2D eigenvalue weighted by atomic mass is 19.2. The summed E-state index contributed by atoms with van der Waals surface area (Å²) in [6, 6.07) is 7.81. The van der Waals surface area contributed by atoms with Crippen LogP contribution in [-0.2, 0) is 6.42 Å². The van der Waals surface area contributed by atoms with Gasteiger partial charge in [0.2, 0.25) is 0 Å². The van der Waals surface area contributed by atoms with E-state index in [-0.39, 0.29) is 22.8 Å². The average molecular weight is 366 g/mol. The van der Waals surface area contributed by atoms with Gasteiger partial charge in [-0.1, -0.05) is 37.3 Å². The molecule has 0 unspecified atom stereocenters. The van der Waals surface area contributed by atoms with E-state index in [9.17, 15) is 13.2 Å². The summed E-state index contributed by atoms with van der Waals surface area (Å²) in [6.07, 6.45) is 4.41. The van der Waals surface area contributed by atoms with Gasteiger partial charge < -0.3 is 0 Å². The van der Waals surface area contributed by atoms with E-state index >= 15 is 0 Å².